The minimum absolute atomic E-state index is 0.0318. The Morgan fingerprint density at radius 1 is 1.24 bits per heavy atom. The summed E-state index contributed by atoms with van der Waals surface area (Å²) in [6.07, 6.45) is 0. The van der Waals surface area contributed by atoms with Gasteiger partial charge in [-0.15, -0.1) is 0 Å². The summed E-state index contributed by atoms with van der Waals surface area (Å²) in [5.74, 6) is 0.296. The number of benzene rings is 1. The summed E-state index contributed by atoms with van der Waals surface area (Å²) in [6.45, 7) is 3.99. The van der Waals surface area contributed by atoms with Crippen molar-refractivity contribution in [3.8, 4) is 0 Å². The Hall–Kier alpha value is -0.390. The van der Waals surface area contributed by atoms with Crippen LogP contribution in [0.5, 0.6) is 0 Å². The average Bonchev–Trinajstić information content (AvgIpc) is 2.26. The quantitative estimate of drug-likeness (QED) is 0.819. The molecule has 1 atom stereocenters. The summed E-state index contributed by atoms with van der Waals surface area (Å²) in [5, 5.41) is 0.624. The van der Waals surface area contributed by atoms with E-state index in [1.165, 1.54) is 0 Å². The van der Waals surface area contributed by atoms with Crippen molar-refractivity contribution in [1.82, 2.24) is 4.72 Å². The zero-order valence-corrected chi connectivity index (χ0v) is 12.5. The highest BCUT2D eigenvalue weighted by Gasteiger charge is 2.19. The Morgan fingerprint density at radius 3 is 2.29 bits per heavy atom. The van der Waals surface area contributed by atoms with E-state index in [4.69, 9.17) is 0 Å². The van der Waals surface area contributed by atoms with Crippen molar-refractivity contribution in [3.05, 3.63) is 35.9 Å². The first-order chi connectivity index (χ1) is 7.94. The highest BCUT2D eigenvalue weighted by Crippen LogP contribution is 2.09. The van der Waals surface area contributed by atoms with E-state index in [1.54, 1.807) is 0 Å². The van der Waals surface area contributed by atoms with Gasteiger partial charge in [-0.25, -0.2) is 13.1 Å². The lowest BCUT2D eigenvalue weighted by molar-refractivity contribution is 0.483. The van der Waals surface area contributed by atoms with Crippen LogP contribution < -0.4 is 4.72 Å². The molecule has 96 valence electrons. The highest BCUT2D eigenvalue weighted by atomic mass is 79.9. The summed E-state index contributed by atoms with van der Waals surface area (Å²) in [6, 6.07) is 9.13. The number of nitrogens with one attached hydrogen (secondary N) is 1. The van der Waals surface area contributed by atoms with Gasteiger partial charge in [0, 0.05) is 11.4 Å². The largest absolute Gasteiger partial charge is 0.216 e. The van der Waals surface area contributed by atoms with Crippen molar-refractivity contribution in [1.29, 1.82) is 0 Å². The van der Waals surface area contributed by atoms with Crippen LogP contribution in [0, 0.1) is 5.92 Å². The predicted octanol–water partition coefficient (Wildman–Crippen LogP) is 2.53. The number of hydrogen-bond acceptors (Lipinski definition) is 2. The molecule has 1 N–H and O–H groups in total. The van der Waals surface area contributed by atoms with Crippen molar-refractivity contribution in [3.63, 3.8) is 0 Å². The van der Waals surface area contributed by atoms with Gasteiger partial charge < -0.3 is 0 Å². The second kappa shape index (κ2) is 6.52. The smallest absolute Gasteiger partial charge is 0.212 e. The predicted molar refractivity (Wildman–Crippen MR) is 74.6 cm³/mol. The number of halogens is 1. The molecule has 1 unspecified atom stereocenters. The van der Waals surface area contributed by atoms with Crippen molar-refractivity contribution in [2.24, 2.45) is 5.92 Å². The fraction of sp³-hybridized carbons (Fsp3) is 0.500. The van der Waals surface area contributed by atoms with E-state index in [0.717, 1.165) is 5.56 Å². The molecule has 0 aliphatic heterocycles. The molecular formula is C12H18BrNO2S. The lowest BCUT2D eigenvalue weighted by atomic mass is 10.1. The number of hydrogen-bond donors (Lipinski definition) is 1. The summed E-state index contributed by atoms with van der Waals surface area (Å²) in [7, 11) is -3.27. The molecule has 0 radical (unpaired) electrons. The Kier molecular flexibility index (Phi) is 5.62. The zero-order chi connectivity index (χ0) is 12.9. The van der Waals surface area contributed by atoms with Crippen molar-refractivity contribution in [2.45, 2.75) is 25.6 Å². The molecule has 0 saturated heterocycles. The van der Waals surface area contributed by atoms with Crippen LogP contribution in [0.2, 0.25) is 0 Å². The molecule has 1 aromatic rings. The molecule has 1 aromatic carbocycles. The van der Waals surface area contributed by atoms with E-state index >= 15 is 0 Å². The minimum Gasteiger partial charge on any atom is -0.212 e. The first-order valence-corrected chi connectivity index (χ1v) is 8.32. The van der Waals surface area contributed by atoms with E-state index in [0.29, 0.717) is 5.33 Å². The zero-order valence-electron chi connectivity index (χ0n) is 10.1. The summed E-state index contributed by atoms with van der Waals surface area (Å²) >= 11 is 3.33. The van der Waals surface area contributed by atoms with E-state index in [2.05, 4.69) is 20.7 Å². The van der Waals surface area contributed by atoms with Gasteiger partial charge in [0.15, 0.2) is 0 Å². The molecule has 0 heterocycles. The molecule has 0 aromatic heterocycles. The average molecular weight is 320 g/mol. The van der Waals surface area contributed by atoms with E-state index < -0.39 is 10.0 Å². The molecule has 3 nitrogen and oxygen atoms in total. The van der Waals surface area contributed by atoms with Crippen LogP contribution in [-0.4, -0.2) is 19.8 Å². The van der Waals surface area contributed by atoms with Crippen LogP contribution >= 0.6 is 15.9 Å². The van der Waals surface area contributed by atoms with Crippen LogP contribution in [0.3, 0.4) is 0 Å². The van der Waals surface area contributed by atoms with Crippen LogP contribution in [0.4, 0.5) is 0 Å². The van der Waals surface area contributed by atoms with Gasteiger partial charge in [0.25, 0.3) is 0 Å². The van der Waals surface area contributed by atoms with Gasteiger partial charge in [-0.05, 0) is 11.5 Å². The second-order valence-electron chi connectivity index (χ2n) is 4.37. The Morgan fingerprint density at radius 2 is 1.82 bits per heavy atom. The maximum Gasteiger partial charge on any atom is 0.216 e. The summed E-state index contributed by atoms with van der Waals surface area (Å²) in [4.78, 5) is 0. The van der Waals surface area contributed by atoms with Gasteiger partial charge in [-0.2, -0.15) is 0 Å². The standard InChI is InChI=1S/C12H18BrNO2S/c1-10(2)12(8-13)14-17(15,16)9-11-6-4-3-5-7-11/h3-7,10,12,14H,8-9H2,1-2H3. The van der Waals surface area contributed by atoms with Gasteiger partial charge in [-0.3, -0.25) is 0 Å². The number of alkyl halides is 1. The molecule has 1 rings (SSSR count). The van der Waals surface area contributed by atoms with Gasteiger partial charge >= 0.3 is 0 Å². The van der Waals surface area contributed by atoms with E-state index in [9.17, 15) is 8.42 Å². The lowest BCUT2D eigenvalue weighted by Gasteiger charge is -2.19. The van der Waals surface area contributed by atoms with Crippen LogP contribution in [0.15, 0.2) is 30.3 Å². The molecule has 0 aliphatic carbocycles. The van der Waals surface area contributed by atoms with Crippen LogP contribution in [0.1, 0.15) is 19.4 Å². The number of rotatable bonds is 6. The second-order valence-corrected chi connectivity index (χ2v) is 6.77. The third kappa shape index (κ3) is 5.19. The maximum absolute atomic E-state index is 11.9. The first-order valence-electron chi connectivity index (χ1n) is 5.54. The SMILES string of the molecule is CC(C)C(CBr)NS(=O)(=O)Cc1ccccc1. The fourth-order valence-corrected chi connectivity index (χ4v) is 4.07. The monoisotopic (exact) mass is 319 g/mol. The molecule has 5 heteroatoms. The fourth-order valence-electron chi connectivity index (χ4n) is 1.41. The summed E-state index contributed by atoms with van der Waals surface area (Å²) < 4.78 is 26.6. The molecule has 0 aliphatic rings. The van der Waals surface area contributed by atoms with Crippen molar-refractivity contribution < 1.29 is 8.42 Å². The Labute approximate surface area is 112 Å². The van der Waals surface area contributed by atoms with Crippen LogP contribution in [-0.2, 0) is 15.8 Å². The minimum atomic E-state index is -3.27. The van der Waals surface area contributed by atoms with Crippen molar-refractivity contribution >= 4 is 26.0 Å². The molecular weight excluding hydrogens is 302 g/mol. The topological polar surface area (TPSA) is 46.2 Å². The third-order valence-electron chi connectivity index (χ3n) is 2.50. The van der Waals surface area contributed by atoms with Gasteiger partial charge in [0.05, 0.1) is 5.75 Å². The third-order valence-corrected chi connectivity index (χ3v) is 4.57. The molecule has 0 saturated carbocycles. The number of sulfonamides is 1. The maximum atomic E-state index is 11.9. The molecule has 0 fully saturated rings. The van der Waals surface area contributed by atoms with Crippen LogP contribution in [0.25, 0.3) is 0 Å². The van der Waals surface area contributed by atoms with E-state index in [1.807, 2.05) is 44.2 Å². The van der Waals surface area contributed by atoms with Gasteiger partial charge in [-0.1, -0.05) is 60.1 Å². The summed E-state index contributed by atoms with van der Waals surface area (Å²) in [5.41, 5.74) is 0.803. The molecule has 0 bridgehead atoms. The molecule has 17 heavy (non-hydrogen) atoms. The highest BCUT2D eigenvalue weighted by molar-refractivity contribution is 9.09. The van der Waals surface area contributed by atoms with Crippen molar-refractivity contribution in [2.75, 3.05) is 5.33 Å². The first kappa shape index (κ1) is 14.7. The molecule has 0 spiro atoms. The normalized spacial score (nSPS) is 13.9. The Bertz CT molecular complexity index is 431. The van der Waals surface area contributed by atoms with Gasteiger partial charge in [0.1, 0.15) is 0 Å². The lowest BCUT2D eigenvalue weighted by Crippen LogP contribution is -2.40. The Balaban J connectivity index is 2.70. The molecule has 0 amide bonds. The van der Waals surface area contributed by atoms with Gasteiger partial charge in [0.2, 0.25) is 10.0 Å². The van der Waals surface area contributed by atoms with E-state index in [-0.39, 0.29) is 17.7 Å².